The first-order valence-electron chi connectivity index (χ1n) is 11.7. The SMILES string of the molecule is COc1ccc(C2NC(SC(C(C)=O)C(C)=O)=NC(c3ccc4c(c3)CCCC4)C2=O)cc1OC. The highest BCUT2D eigenvalue weighted by Gasteiger charge is 2.37. The van der Waals surface area contributed by atoms with Crippen molar-refractivity contribution in [2.75, 3.05) is 14.2 Å². The molecule has 0 radical (unpaired) electrons. The monoisotopic (exact) mass is 494 g/mol. The molecule has 1 N–H and O–H groups in total. The highest BCUT2D eigenvalue weighted by Crippen LogP contribution is 2.37. The molecule has 0 aromatic heterocycles. The molecule has 2 atom stereocenters. The van der Waals surface area contributed by atoms with Crippen molar-refractivity contribution in [2.24, 2.45) is 4.99 Å². The highest BCUT2D eigenvalue weighted by molar-refractivity contribution is 8.15. The number of nitrogens with zero attached hydrogens (tertiary/aromatic N) is 1. The number of ketones is 3. The van der Waals surface area contributed by atoms with Gasteiger partial charge in [0.15, 0.2) is 34.0 Å². The summed E-state index contributed by atoms with van der Waals surface area (Å²) in [7, 11) is 3.10. The van der Waals surface area contributed by atoms with Crippen molar-refractivity contribution >= 4 is 34.3 Å². The molecule has 7 nitrogen and oxygen atoms in total. The number of carbonyl (C=O) groups is 3. The van der Waals surface area contributed by atoms with Gasteiger partial charge in [-0.15, -0.1) is 0 Å². The minimum atomic E-state index is -0.885. The van der Waals surface area contributed by atoms with Gasteiger partial charge in [0.2, 0.25) is 0 Å². The second-order valence-corrected chi connectivity index (χ2v) is 9.98. The summed E-state index contributed by atoms with van der Waals surface area (Å²) in [6, 6.07) is 10.0. The molecule has 1 aliphatic carbocycles. The number of amidine groups is 1. The van der Waals surface area contributed by atoms with E-state index in [0.717, 1.165) is 36.6 Å². The third-order valence-corrected chi connectivity index (χ3v) is 7.81. The van der Waals surface area contributed by atoms with Gasteiger partial charge >= 0.3 is 0 Å². The lowest BCUT2D eigenvalue weighted by Gasteiger charge is -2.30. The van der Waals surface area contributed by atoms with Crippen LogP contribution in [0.2, 0.25) is 0 Å². The van der Waals surface area contributed by atoms with Gasteiger partial charge in [-0.3, -0.25) is 14.4 Å². The lowest BCUT2D eigenvalue weighted by Crippen LogP contribution is -2.41. The minimum absolute atomic E-state index is 0.112. The third-order valence-electron chi connectivity index (χ3n) is 6.47. The largest absolute Gasteiger partial charge is 0.493 e. The van der Waals surface area contributed by atoms with E-state index in [4.69, 9.17) is 14.5 Å². The molecule has 4 rings (SSSR count). The van der Waals surface area contributed by atoms with Gasteiger partial charge in [-0.05, 0) is 73.9 Å². The van der Waals surface area contributed by atoms with Crippen LogP contribution in [0.5, 0.6) is 11.5 Å². The first-order chi connectivity index (χ1) is 16.8. The van der Waals surface area contributed by atoms with E-state index in [1.165, 1.54) is 31.4 Å². The van der Waals surface area contributed by atoms with Crippen LogP contribution in [0.3, 0.4) is 0 Å². The van der Waals surface area contributed by atoms with E-state index in [-0.39, 0.29) is 17.3 Å². The van der Waals surface area contributed by atoms with Crippen LogP contribution >= 0.6 is 11.8 Å². The summed E-state index contributed by atoms with van der Waals surface area (Å²) in [6.07, 6.45) is 4.35. The molecule has 184 valence electrons. The Hall–Kier alpha value is -3.13. The number of aliphatic imine (C=N–C) groups is 1. The average molecular weight is 495 g/mol. The quantitative estimate of drug-likeness (QED) is 0.577. The number of hydrogen-bond acceptors (Lipinski definition) is 8. The predicted octanol–water partition coefficient (Wildman–Crippen LogP) is 4.17. The standard InChI is InChI=1S/C27H30N2O5S/c1-15(30)26(16(2)31)35-27-28-23(19-10-9-17-7-5-6-8-18(17)13-19)25(32)24(29-27)20-11-12-21(33-3)22(14-20)34-4/h9-14,23-24,26H,5-8H2,1-4H3,(H,28,29). The molecular formula is C27H30N2O5S. The first kappa shape index (κ1) is 25.0. The molecule has 1 heterocycles. The van der Waals surface area contributed by atoms with Crippen molar-refractivity contribution in [3.05, 3.63) is 58.7 Å². The molecular weight excluding hydrogens is 464 g/mol. The van der Waals surface area contributed by atoms with E-state index in [1.54, 1.807) is 26.4 Å². The fraction of sp³-hybridized carbons (Fsp3) is 0.407. The lowest BCUT2D eigenvalue weighted by molar-refractivity contribution is -0.124. The maximum absolute atomic E-state index is 13.8. The summed E-state index contributed by atoms with van der Waals surface area (Å²) >= 11 is 1.06. The molecule has 2 aromatic carbocycles. The molecule has 1 aliphatic heterocycles. The van der Waals surface area contributed by atoms with Gasteiger partial charge in [-0.2, -0.15) is 0 Å². The highest BCUT2D eigenvalue weighted by atomic mass is 32.2. The first-order valence-corrected chi connectivity index (χ1v) is 12.6. The summed E-state index contributed by atoms with van der Waals surface area (Å²) < 4.78 is 10.8. The minimum Gasteiger partial charge on any atom is -0.493 e. The maximum Gasteiger partial charge on any atom is 0.188 e. The Balaban J connectivity index is 1.75. The number of thioether (sulfide) groups is 1. The third kappa shape index (κ3) is 5.27. The van der Waals surface area contributed by atoms with Crippen LogP contribution in [0.4, 0.5) is 0 Å². The van der Waals surface area contributed by atoms with E-state index in [0.29, 0.717) is 22.2 Å². The van der Waals surface area contributed by atoms with Gasteiger partial charge in [-0.25, -0.2) is 4.99 Å². The van der Waals surface area contributed by atoms with E-state index in [2.05, 4.69) is 17.4 Å². The zero-order valence-electron chi connectivity index (χ0n) is 20.4. The van der Waals surface area contributed by atoms with Gasteiger partial charge in [0.25, 0.3) is 0 Å². The fourth-order valence-electron chi connectivity index (χ4n) is 4.64. The average Bonchev–Trinajstić information content (AvgIpc) is 2.86. The molecule has 2 aromatic rings. The molecule has 35 heavy (non-hydrogen) atoms. The topological polar surface area (TPSA) is 94.1 Å². The molecule has 0 bridgehead atoms. The summed E-state index contributed by atoms with van der Waals surface area (Å²) in [4.78, 5) is 42.7. The lowest BCUT2D eigenvalue weighted by atomic mass is 9.86. The number of hydrogen-bond donors (Lipinski definition) is 1. The van der Waals surface area contributed by atoms with Crippen molar-refractivity contribution in [2.45, 2.75) is 56.9 Å². The van der Waals surface area contributed by atoms with E-state index in [9.17, 15) is 14.4 Å². The molecule has 2 unspecified atom stereocenters. The van der Waals surface area contributed by atoms with Crippen LogP contribution in [0.25, 0.3) is 0 Å². The van der Waals surface area contributed by atoms with Crippen LogP contribution < -0.4 is 14.8 Å². The number of methoxy groups -OCH3 is 2. The molecule has 0 spiro atoms. The normalized spacial score (nSPS) is 19.5. The number of ether oxygens (including phenoxy) is 2. The number of nitrogens with one attached hydrogen (secondary N) is 1. The molecule has 2 aliphatic rings. The van der Waals surface area contributed by atoms with Gasteiger partial charge in [0, 0.05) is 0 Å². The second kappa shape index (κ2) is 10.6. The number of rotatable bonds is 7. The van der Waals surface area contributed by atoms with Crippen molar-refractivity contribution in [3.8, 4) is 11.5 Å². The molecule has 0 fully saturated rings. The van der Waals surface area contributed by atoms with E-state index in [1.807, 2.05) is 12.1 Å². The second-order valence-electron chi connectivity index (χ2n) is 8.89. The predicted molar refractivity (Wildman–Crippen MR) is 136 cm³/mol. The number of benzene rings is 2. The van der Waals surface area contributed by atoms with Crippen LogP contribution in [0, 0.1) is 0 Å². The zero-order chi connectivity index (χ0) is 25.1. The van der Waals surface area contributed by atoms with Gasteiger partial charge in [-0.1, -0.05) is 36.0 Å². The van der Waals surface area contributed by atoms with Crippen molar-refractivity contribution in [3.63, 3.8) is 0 Å². The number of Topliss-reactive ketones (excluding diaryl/α,β-unsaturated/α-hetero) is 3. The smallest absolute Gasteiger partial charge is 0.188 e. The maximum atomic E-state index is 13.8. The van der Waals surface area contributed by atoms with Crippen LogP contribution in [-0.4, -0.2) is 42.0 Å². The van der Waals surface area contributed by atoms with Gasteiger partial charge in [0.1, 0.15) is 17.3 Å². The number of aryl methyl sites for hydroxylation is 2. The fourth-order valence-corrected chi connectivity index (χ4v) is 5.55. The van der Waals surface area contributed by atoms with Crippen LogP contribution in [0.1, 0.15) is 61.0 Å². The Morgan fingerprint density at radius 1 is 0.943 bits per heavy atom. The van der Waals surface area contributed by atoms with E-state index < -0.39 is 17.3 Å². The Kier molecular flexibility index (Phi) is 7.60. The Morgan fingerprint density at radius 2 is 1.60 bits per heavy atom. The zero-order valence-corrected chi connectivity index (χ0v) is 21.2. The molecule has 0 saturated heterocycles. The van der Waals surface area contributed by atoms with Crippen LogP contribution in [-0.2, 0) is 27.2 Å². The number of fused-ring (bicyclic) bond motifs is 1. The van der Waals surface area contributed by atoms with Crippen molar-refractivity contribution in [1.29, 1.82) is 0 Å². The van der Waals surface area contributed by atoms with Gasteiger partial charge < -0.3 is 14.8 Å². The Bertz CT molecular complexity index is 1180. The summed E-state index contributed by atoms with van der Waals surface area (Å²) in [5.41, 5.74) is 4.09. The van der Waals surface area contributed by atoms with Crippen molar-refractivity contribution in [1.82, 2.24) is 5.32 Å². The Labute approximate surface area is 209 Å². The van der Waals surface area contributed by atoms with Crippen molar-refractivity contribution < 1.29 is 23.9 Å². The van der Waals surface area contributed by atoms with Crippen LogP contribution in [0.15, 0.2) is 41.4 Å². The molecule has 0 amide bonds. The molecule has 0 saturated carbocycles. The summed E-state index contributed by atoms with van der Waals surface area (Å²) in [5, 5.41) is 2.68. The Morgan fingerprint density at radius 3 is 2.26 bits per heavy atom. The summed E-state index contributed by atoms with van der Waals surface area (Å²) in [6.45, 7) is 2.78. The van der Waals surface area contributed by atoms with Gasteiger partial charge in [0.05, 0.1) is 14.2 Å². The number of carbonyl (C=O) groups excluding carboxylic acids is 3. The van der Waals surface area contributed by atoms with E-state index >= 15 is 0 Å². The summed E-state index contributed by atoms with van der Waals surface area (Å²) in [5.74, 6) is 0.447. The molecule has 8 heteroatoms.